The Labute approximate surface area is 146 Å². The number of nitrogens with one attached hydrogen (secondary N) is 2. The van der Waals surface area contributed by atoms with Crippen molar-refractivity contribution in [3.63, 3.8) is 0 Å². The summed E-state index contributed by atoms with van der Waals surface area (Å²) in [6.07, 6.45) is 1.47. The minimum Gasteiger partial charge on any atom is -0.376 e. The Morgan fingerprint density at radius 2 is 1.91 bits per heavy atom. The lowest BCUT2D eigenvalue weighted by atomic mass is 10.2. The molecule has 0 aliphatic rings. The molecule has 2 N–H and O–H groups in total. The molecule has 0 fully saturated rings. The number of anilines is 1. The van der Waals surface area contributed by atoms with Gasteiger partial charge in [0.15, 0.2) is 0 Å². The van der Waals surface area contributed by atoms with E-state index >= 15 is 0 Å². The van der Waals surface area contributed by atoms with Gasteiger partial charge >= 0.3 is 0 Å². The lowest BCUT2D eigenvalue weighted by Crippen LogP contribution is -2.25. The molecule has 114 valence electrons. The molecule has 0 saturated carbocycles. The van der Waals surface area contributed by atoms with Crippen molar-refractivity contribution in [3.8, 4) is 0 Å². The van der Waals surface area contributed by atoms with E-state index in [-0.39, 0.29) is 12.5 Å². The summed E-state index contributed by atoms with van der Waals surface area (Å²) in [6.45, 7) is 0.118. The van der Waals surface area contributed by atoms with Gasteiger partial charge < -0.3 is 5.32 Å². The Hall–Kier alpha value is -1.56. The molecule has 0 bridgehead atoms. The first-order chi connectivity index (χ1) is 10.5. The van der Waals surface area contributed by atoms with Crippen LogP contribution in [0.4, 0.5) is 5.69 Å². The van der Waals surface area contributed by atoms with Crippen LogP contribution in [0.3, 0.4) is 0 Å². The summed E-state index contributed by atoms with van der Waals surface area (Å²) in [4.78, 5) is 11.7. The minimum atomic E-state index is -0.260. The van der Waals surface area contributed by atoms with Crippen molar-refractivity contribution in [1.82, 2.24) is 5.43 Å². The van der Waals surface area contributed by atoms with Gasteiger partial charge in [0.25, 0.3) is 5.91 Å². The zero-order valence-corrected chi connectivity index (χ0v) is 14.4. The Morgan fingerprint density at radius 3 is 2.59 bits per heavy atom. The first-order valence-corrected chi connectivity index (χ1v) is 7.86. The molecule has 2 aromatic carbocycles. The highest BCUT2D eigenvalue weighted by Gasteiger charge is 2.01. The fourth-order valence-corrected chi connectivity index (χ4v) is 2.29. The monoisotopic (exact) mass is 399 g/mol. The minimum absolute atomic E-state index is 0.118. The van der Waals surface area contributed by atoms with E-state index in [0.717, 1.165) is 10.2 Å². The number of hydrogen-bond acceptors (Lipinski definition) is 3. The number of halogens is 3. The first kappa shape index (κ1) is 16.8. The summed E-state index contributed by atoms with van der Waals surface area (Å²) in [6, 6.07) is 12.6. The van der Waals surface area contributed by atoms with Crippen LogP contribution in [-0.4, -0.2) is 18.7 Å². The molecule has 0 aliphatic carbocycles. The highest BCUT2D eigenvalue weighted by atomic mass is 79.9. The molecule has 0 saturated heterocycles. The molecule has 0 radical (unpaired) electrons. The smallest absolute Gasteiger partial charge is 0.259 e. The molecule has 2 aromatic rings. The van der Waals surface area contributed by atoms with Crippen molar-refractivity contribution < 1.29 is 4.79 Å². The summed E-state index contributed by atoms with van der Waals surface area (Å²) >= 11 is 15.1. The standard InChI is InChI=1S/C15H12BrCl2N3O/c16-11-2-5-13(6-3-11)19-9-15(22)21-20-8-10-1-4-12(17)7-14(10)18/h1-8,19H,9H2,(H,21,22)/b20-8-. The highest BCUT2D eigenvalue weighted by molar-refractivity contribution is 9.10. The molecule has 0 spiro atoms. The van der Waals surface area contributed by atoms with Gasteiger partial charge in [0.05, 0.1) is 17.8 Å². The third-order valence-corrected chi connectivity index (χ3v) is 3.74. The van der Waals surface area contributed by atoms with E-state index < -0.39 is 0 Å². The Morgan fingerprint density at radius 1 is 1.18 bits per heavy atom. The van der Waals surface area contributed by atoms with Gasteiger partial charge in [0, 0.05) is 20.7 Å². The van der Waals surface area contributed by atoms with Gasteiger partial charge in [-0.25, -0.2) is 5.43 Å². The molecule has 7 heteroatoms. The molecule has 0 heterocycles. The summed E-state index contributed by atoms with van der Waals surface area (Å²) in [7, 11) is 0. The van der Waals surface area contributed by atoms with Gasteiger partial charge in [-0.1, -0.05) is 45.2 Å². The van der Waals surface area contributed by atoms with Crippen LogP contribution >= 0.6 is 39.1 Å². The Bertz CT molecular complexity index is 690. The average molecular weight is 401 g/mol. The normalized spacial score (nSPS) is 10.7. The first-order valence-electron chi connectivity index (χ1n) is 6.31. The maximum absolute atomic E-state index is 11.7. The zero-order chi connectivity index (χ0) is 15.9. The van der Waals surface area contributed by atoms with Gasteiger partial charge in [-0.3, -0.25) is 4.79 Å². The quantitative estimate of drug-likeness (QED) is 0.580. The zero-order valence-electron chi connectivity index (χ0n) is 11.3. The van der Waals surface area contributed by atoms with Crippen molar-refractivity contribution in [2.24, 2.45) is 5.10 Å². The Kier molecular flexibility index (Phi) is 6.24. The third kappa shape index (κ3) is 5.33. The molecule has 0 atom stereocenters. The largest absolute Gasteiger partial charge is 0.376 e. The van der Waals surface area contributed by atoms with Crippen molar-refractivity contribution >= 4 is 56.9 Å². The number of nitrogens with zero attached hydrogens (tertiary/aromatic N) is 1. The molecular weight excluding hydrogens is 389 g/mol. The number of rotatable bonds is 5. The fourth-order valence-electron chi connectivity index (χ4n) is 1.57. The van der Waals surface area contributed by atoms with Crippen molar-refractivity contribution in [3.05, 3.63) is 62.5 Å². The van der Waals surface area contributed by atoms with Crippen LogP contribution in [0.15, 0.2) is 52.0 Å². The van der Waals surface area contributed by atoms with E-state index in [1.54, 1.807) is 18.2 Å². The van der Waals surface area contributed by atoms with E-state index in [1.165, 1.54) is 6.21 Å². The highest BCUT2D eigenvalue weighted by Crippen LogP contribution is 2.19. The molecule has 0 aliphatic heterocycles. The van der Waals surface area contributed by atoms with Gasteiger partial charge in [-0.2, -0.15) is 5.10 Å². The predicted molar refractivity (Wildman–Crippen MR) is 94.8 cm³/mol. The number of carbonyl (C=O) groups excluding carboxylic acids is 1. The van der Waals surface area contributed by atoms with E-state index in [0.29, 0.717) is 15.6 Å². The molecule has 0 unspecified atom stereocenters. The van der Waals surface area contributed by atoms with E-state index in [2.05, 4.69) is 31.8 Å². The van der Waals surface area contributed by atoms with Crippen LogP contribution in [0, 0.1) is 0 Å². The summed E-state index contributed by atoms with van der Waals surface area (Å²) in [5.41, 5.74) is 3.95. The Balaban J connectivity index is 1.82. The number of carbonyl (C=O) groups is 1. The van der Waals surface area contributed by atoms with Crippen molar-refractivity contribution in [2.75, 3.05) is 11.9 Å². The number of benzene rings is 2. The van der Waals surface area contributed by atoms with Gasteiger partial charge in [-0.15, -0.1) is 0 Å². The van der Waals surface area contributed by atoms with Crippen LogP contribution in [-0.2, 0) is 4.79 Å². The van der Waals surface area contributed by atoms with Crippen LogP contribution in [0.5, 0.6) is 0 Å². The molecule has 2 rings (SSSR count). The fraction of sp³-hybridized carbons (Fsp3) is 0.0667. The van der Waals surface area contributed by atoms with Gasteiger partial charge in [0.1, 0.15) is 0 Å². The van der Waals surface area contributed by atoms with E-state index in [1.807, 2.05) is 24.3 Å². The second-order valence-corrected chi connectivity index (χ2v) is 6.08. The van der Waals surface area contributed by atoms with Crippen molar-refractivity contribution in [1.29, 1.82) is 0 Å². The number of hydrogen-bond donors (Lipinski definition) is 2. The maximum Gasteiger partial charge on any atom is 0.259 e. The molecule has 22 heavy (non-hydrogen) atoms. The van der Waals surface area contributed by atoms with Crippen molar-refractivity contribution in [2.45, 2.75) is 0 Å². The predicted octanol–water partition coefficient (Wildman–Crippen LogP) is 4.32. The SMILES string of the molecule is O=C(CNc1ccc(Br)cc1)N/N=C\c1ccc(Cl)cc1Cl. The topological polar surface area (TPSA) is 53.5 Å². The van der Waals surface area contributed by atoms with Gasteiger partial charge in [-0.05, 0) is 36.4 Å². The number of hydrazone groups is 1. The second-order valence-electron chi connectivity index (χ2n) is 4.32. The summed E-state index contributed by atoms with van der Waals surface area (Å²) in [5, 5.41) is 7.86. The third-order valence-electron chi connectivity index (χ3n) is 2.65. The summed E-state index contributed by atoms with van der Waals surface area (Å²) in [5.74, 6) is -0.260. The second kappa shape index (κ2) is 8.17. The van der Waals surface area contributed by atoms with Gasteiger partial charge in [0.2, 0.25) is 0 Å². The lowest BCUT2D eigenvalue weighted by molar-refractivity contribution is -0.119. The van der Waals surface area contributed by atoms with E-state index in [9.17, 15) is 4.79 Å². The van der Waals surface area contributed by atoms with Crippen LogP contribution in [0.2, 0.25) is 10.0 Å². The molecular formula is C15H12BrCl2N3O. The van der Waals surface area contributed by atoms with Crippen LogP contribution in [0.25, 0.3) is 0 Å². The molecule has 4 nitrogen and oxygen atoms in total. The van der Waals surface area contributed by atoms with Crippen LogP contribution in [0.1, 0.15) is 5.56 Å². The van der Waals surface area contributed by atoms with Crippen LogP contribution < -0.4 is 10.7 Å². The summed E-state index contributed by atoms with van der Waals surface area (Å²) < 4.78 is 0.979. The molecule has 0 aromatic heterocycles. The maximum atomic E-state index is 11.7. The molecule has 1 amide bonds. The van der Waals surface area contributed by atoms with E-state index in [4.69, 9.17) is 23.2 Å². The lowest BCUT2D eigenvalue weighted by Gasteiger charge is -2.05. The average Bonchev–Trinajstić information content (AvgIpc) is 2.49. The number of amides is 1.